The molecule has 1 heterocycles. The molecule has 0 aliphatic rings. The molecule has 0 fully saturated rings. The SMILES string of the molecule is Cc1ccc(C(=O)c2c(C)c(C#N)c(=O)n(C(C)C)c2O)cc1. The lowest BCUT2D eigenvalue weighted by Gasteiger charge is -2.18. The average Bonchev–Trinajstić information content (AvgIpc) is 2.47. The summed E-state index contributed by atoms with van der Waals surface area (Å²) in [5, 5.41) is 19.7. The van der Waals surface area contributed by atoms with Gasteiger partial charge >= 0.3 is 0 Å². The molecule has 0 amide bonds. The highest BCUT2D eigenvalue weighted by Crippen LogP contribution is 2.27. The summed E-state index contributed by atoms with van der Waals surface area (Å²) >= 11 is 0. The van der Waals surface area contributed by atoms with Crippen LogP contribution < -0.4 is 5.56 Å². The molecule has 0 radical (unpaired) electrons. The number of hydrogen-bond acceptors (Lipinski definition) is 4. The molecular weight excluding hydrogens is 292 g/mol. The highest BCUT2D eigenvalue weighted by molar-refractivity contribution is 6.11. The molecule has 1 aromatic carbocycles. The van der Waals surface area contributed by atoms with Crippen LogP contribution in [0.5, 0.6) is 5.88 Å². The van der Waals surface area contributed by atoms with Crippen molar-refractivity contribution in [1.82, 2.24) is 4.57 Å². The Kier molecular flexibility index (Phi) is 4.37. The van der Waals surface area contributed by atoms with Crippen LogP contribution in [-0.4, -0.2) is 15.5 Å². The zero-order chi connectivity index (χ0) is 17.3. The van der Waals surface area contributed by atoms with Gasteiger partial charge < -0.3 is 5.11 Å². The van der Waals surface area contributed by atoms with E-state index in [1.807, 2.05) is 13.0 Å². The van der Waals surface area contributed by atoms with E-state index >= 15 is 0 Å². The molecule has 23 heavy (non-hydrogen) atoms. The molecule has 0 spiro atoms. The Morgan fingerprint density at radius 1 is 1.22 bits per heavy atom. The Balaban J connectivity index is 2.79. The molecule has 0 saturated carbocycles. The van der Waals surface area contributed by atoms with Crippen molar-refractivity contribution in [1.29, 1.82) is 5.26 Å². The van der Waals surface area contributed by atoms with Crippen LogP contribution in [0.2, 0.25) is 0 Å². The van der Waals surface area contributed by atoms with Crippen LogP contribution in [0.1, 0.15) is 52.5 Å². The van der Waals surface area contributed by atoms with E-state index in [-0.39, 0.29) is 22.7 Å². The minimum atomic E-state index is -0.585. The highest BCUT2D eigenvalue weighted by atomic mass is 16.3. The Morgan fingerprint density at radius 2 is 1.78 bits per heavy atom. The molecule has 2 rings (SSSR count). The molecular formula is C18H18N2O3. The lowest BCUT2D eigenvalue weighted by Crippen LogP contribution is -2.28. The number of aromatic hydroxyl groups is 1. The number of aromatic nitrogens is 1. The van der Waals surface area contributed by atoms with Gasteiger partial charge in [0.2, 0.25) is 5.88 Å². The molecule has 0 bridgehead atoms. The minimum Gasteiger partial charge on any atom is -0.494 e. The van der Waals surface area contributed by atoms with E-state index in [9.17, 15) is 20.0 Å². The summed E-state index contributed by atoms with van der Waals surface area (Å²) in [6.07, 6.45) is 0. The number of carbonyl (C=O) groups is 1. The summed E-state index contributed by atoms with van der Waals surface area (Å²) in [6, 6.07) is 8.38. The van der Waals surface area contributed by atoms with Crippen LogP contribution in [0, 0.1) is 25.2 Å². The van der Waals surface area contributed by atoms with Gasteiger partial charge in [0.1, 0.15) is 11.6 Å². The van der Waals surface area contributed by atoms with E-state index in [1.54, 1.807) is 38.1 Å². The minimum absolute atomic E-state index is 0.00120. The second-order valence-corrected chi connectivity index (χ2v) is 5.77. The van der Waals surface area contributed by atoms with Crippen molar-refractivity contribution in [3.8, 4) is 11.9 Å². The van der Waals surface area contributed by atoms with Gasteiger partial charge in [-0.15, -0.1) is 0 Å². The largest absolute Gasteiger partial charge is 0.494 e. The molecule has 0 aliphatic heterocycles. The van der Waals surface area contributed by atoms with Crippen LogP contribution in [0.4, 0.5) is 0 Å². The van der Waals surface area contributed by atoms with Gasteiger partial charge in [0.15, 0.2) is 5.78 Å². The number of nitrogens with zero attached hydrogens (tertiary/aromatic N) is 2. The summed E-state index contributed by atoms with van der Waals surface area (Å²) in [7, 11) is 0. The Morgan fingerprint density at radius 3 is 2.26 bits per heavy atom. The van der Waals surface area contributed by atoms with Crippen molar-refractivity contribution in [3.05, 3.63) is 62.4 Å². The van der Waals surface area contributed by atoms with Crippen LogP contribution in [0.15, 0.2) is 29.1 Å². The lowest BCUT2D eigenvalue weighted by atomic mass is 9.96. The second kappa shape index (κ2) is 6.09. The summed E-state index contributed by atoms with van der Waals surface area (Å²) in [5.74, 6) is -0.807. The normalized spacial score (nSPS) is 10.6. The molecule has 1 N–H and O–H groups in total. The Labute approximate surface area is 134 Å². The fourth-order valence-electron chi connectivity index (χ4n) is 2.52. The summed E-state index contributed by atoms with van der Waals surface area (Å²) in [6.45, 7) is 6.82. The maximum Gasteiger partial charge on any atom is 0.271 e. The Hall–Kier alpha value is -2.87. The zero-order valence-corrected chi connectivity index (χ0v) is 13.5. The van der Waals surface area contributed by atoms with E-state index < -0.39 is 17.2 Å². The molecule has 2 aromatic rings. The molecule has 0 aliphatic carbocycles. The van der Waals surface area contributed by atoms with Crippen molar-refractivity contribution in [2.75, 3.05) is 0 Å². The highest BCUT2D eigenvalue weighted by Gasteiger charge is 2.25. The summed E-state index contributed by atoms with van der Waals surface area (Å²) in [5.41, 5.74) is 0.903. The fourth-order valence-corrected chi connectivity index (χ4v) is 2.52. The van der Waals surface area contributed by atoms with E-state index in [1.165, 1.54) is 6.92 Å². The van der Waals surface area contributed by atoms with Gasteiger partial charge in [0.25, 0.3) is 5.56 Å². The van der Waals surface area contributed by atoms with Crippen molar-refractivity contribution in [2.24, 2.45) is 0 Å². The lowest BCUT2D eigenvalue weighted by molar-refractivity contribution is 0.103. The van der Waals surface area contributed by atoms with Gasteiger partial charge in [0, 0.05) is 11.6 Å². The number of hydrogen-bond donors (Lipinski definition) is 1. The van der Waals surface area contributed by atoms with Gasteiger partial charge in [-0.2, -0.15) is 5.26 Å². The van der Waals surface area contributed by atoms with Crippen molar-refractivity contribution in [3.63, 3.8) is 0 Å². The molecule has 5 heteroatoms. The zero-order valence-electron chi connectivity index (χ0n) is 13.5. The number of carbonyl (C=O) groups excluding carboxylic acids is 1. The smallest absolute Gasteiger partial charge is 0.271 e. The van der Waals surface area contributed by atoms with Crippen LogP contribution in [0.25, 0.3) is 0 Å². The van der Waals surface area contributed by atoms with Gasteiger partial charge in [-0.05, 0) is 33.3 Å². The molecule has 1 aromatic heterocycles. The molecule has 118 valence electrons. The number of rotatable bonds is 3. The van der Waals surface area contributed by atoms with Crippen molar-refractivity contribution < 1.29 is 9.90 Å². The Bertz CT molecular complexity index is 869. The first-order chi connectivity index (χ1) is 10.8. The molecule has 0 saturated heterocycles. The third-order valence-electron chi connectivity index (χ3n) is 3.80. The van der Waals surface area contributed by atoms with E-state index in [4.69, 9.17) is 0 Å². The quantitative estimate of drug-likeness (QED) is 0.884. The van der Waals surface area contributed by atoms with Crippen LogP contribution in [0.3, 0.4) is 0 Å². The summed E-state index contributed by atoms with van der Waals surface area (Å²) < 4.78 is 1.08. The number of pyridine rings is 1. The molecule has 5 nitrogen and oxygen atoms in total. The van der Waals surface area contributed by atoms with E-state index in [0.29, 0.717) is 5.56 Å². The molecule has 0 unspecified atom stereocenters. The fraction of sp³-hybridized carbons (Fsp3) is 0.278. The topological polar surface area (TPSA) is 83.1 Å². The van der Waals surface area contributed by atoms with Crippen molar-refractivity contribution >= 4 is 5.78 Å². The van der Waals surface area contributed by atoms with Gasteiger partial charge in [-0.1, -0.05) is 29.8 Å². The predicted molar refractivity (Wildman–Crippen MR) is 86.8 cm³/mol. The standard InChI is InChI=1S/C18H18N2O3/c1-10(2)20-17(22)14(9-19)12(4)15(18(20)23)16(21)13-7-5-11(3)6-8-13/h5-8,10,23H,1-4H3. The third-order valence-corrected chi connectivity index (χ3v) is 3.80. The number of nitriles is 1. The van der Waals surface area contributed by atoms with E-state index in [0.717, 1.165) is 10.1 Å². The third kappa shape index (κ3) is 2.76. The van der Waals surface area contributed by atoms with Crippen LogP contribution >= 0.6 is 0 Å². The average molecular weight is 310 g/mol. The van der Waals surface area contributed by atoms with Gasteiger partial charge in [-0.25, -0.2) is 0 Å². The summed E-state index contributed by atoms with van der Waals surface area (Å²) in [4.78, 5) is 25.1. The van der Waals surface area contributed by atoms with Gasteiger partial charge in [-0.3, -0.25) is 14.2 Å². The van der Waals surface area contributed by atoms with Gasteiger partial charge in [0.05, 0.1) is 5.56 Å². The molecule has 0 atom stereocenters. The second-order valence-electron chi connectivity index (χ2n) is 5.77. The maximum atomic E-state index is 12.8. The monoisotopic (exact) mass is 310 g/mol. The first-order valence-corrected chi connectivity index (χ1v) is 7.29. The number of ketones is 1. The maximum absolute atomic E-state index is 12.8. The first kappa shape index (κ1) is 16.5. The number of aryl methyl sites for hydroxylation is 1. The van der Waals surface area contributed by atoms with Crippen LogP contribution in [-0.2, 0) is 0 Å². The first-order valence-electron chi connectivity index (χ1n) is 7.29. The predicted octanol–water partition coefficient (Wildman–Crippen LogP) is 2.85. The van der Waals surface area contributed by atoms with E-state index in [2.05, 4.69) is 0 Å². The van der Waals surface area contributed by atoms with Crippen molar-refractivity contribution in [2.45, 2.75) is 33.7 Å². The number of benzene rings is 1.